The summed E-state index contributed by atoms with van der Waals surface area (Å²) in [5, 5.41) is 1.16. The Bertz CT molecular complexity index is 1550. The summed E-state index contributed by atoms with van der Waals surface area (Å²) in [4.78, 5) is 5.17. The lowest BCUT2D eigenvalue weighted by atomic mass is 9.87. The molecule has 1 heterocycles. The van der Waals surface area contributed by atoms with E-state index in [9.17, 15) is 0 Å². The number of hydrogen-bond acceptors (Lipinski definition) is 1. The number of nitrogens with zero attached hydrogens (tertiary/aromatic N) is 1. The smallest absolute Gasteiger partial charge is 0.0794 e. The van der Waals surface area contributed by atoms with Crippen LogP contribution in [0.2, 0.25) is 0 Å². The van der Waals surface area contributed by atoms with E-state index in [1.165, 1.54) is 27.8 Å². The lowest BCUT2D eigenvalue weighted by Crippen LogP contribution is -1.96. The molecular weight excluding hydrogens is 410 g/mol. The Hall–Kier alpha value is -4.49. The summed E-state index contributed by atoms with van der Waals surface area (Å²) in [7, 11) is 0. The first-order chi connectivity index (χ1) is 16.9. The Kier molecular flexibility index (Phi) is 5.21. The van der Waals surface area contributed by atoms with Crippen LogP contribution in [0, 0.1) is 0 Å². The van der Waals surface area contributed by atoms with Gasteiger partial charge >= 0.3 is 0 Å². The third kappa shape index (κ3) is 3.68. The number of benzene rings is 5. The standard InChI is InChI=1S/C33H23N/c1-4-12-24(13-5-1)25-20-22-27(23-21-25)31-29-18-10-11-19-30(29)34-33(28-16-8-3-9-17-28)32(31)26-14-6-2-7-15-26/h1-23H. The van der Waals surface area contributed by atoms with Crippen molar-refractivity contribution in [1.82, 2.24) is 4.98 Å². The van der Waals surface area contributed by atoms with Gasteiger partial charge in [0.2, 0.25) is 0 Å². The van der Waals surface area contributed by atoms with Crippen LogP contribution >= 0.6 is 0 Å². The van der Waals surface area contributed by atoms with Crippen molar-refractivity contribution in [3.63, 3.8) is 0 Å². The van der Waals surface area contributed by atoms with Gasteiger partial charge in [0.15, 0.2) is 0 Å². The normalized spacial score (nSPS) is 10.9. The fraction of sp³-hybridized carbons (Fsp3) is 0. The zero-order valence-corrected chi connectivity index (χ0v) is 18.7. The van der Waals surface area contributed by atoms with Gasteiger partial charge in [0.25, 0.3) is 0 Å². The van der Waals surface area contributed by atoms with Crippen molar-refractivity contribution < 1.29 is 0 Å². The van der Waals surface area contributed by atoms with Crippen molar-refractivity contribution in [1.29, 1.82) is 0 Å². The van der Waals surface area contributed by atoms with E-state index < -0.39 is 0 Å². The second kappa shape index (κ2) is 8.80. The third-order valence-corrected chi connectivity index (χ3v) is 6.28. The van der Waals surface area contributed by atoms with Gasteiger partial charge in [-0.1, -0.05) is 133 Å². The monoisotopic (exact) mass is 433 g/mol. The number of para-hydroxylation sites is 1. The molecule has 0 N–H and O–H groups in total. The molecule has 0 aliphatic rings. The van der Waals surface area contributed by atoms with Crippen molar-refractivity contribution in [2.24, 2.45) is 0 Å². The van der Waals surface area contributed by atoms with Crippen molar-refractivity contribution in [2.75, 3.05) is 0 Å². The molecule has 6 aromatic rings. The van der Waals surface area contributed by atoms with Crippen LogP contribution in [0.3, 0.4) is 0 Å². The predicted molar refractivity (Wildman–Crippen MR) is 143 cm³/mol. The molecule has 1 nitrogen and oxygen atoms in total. The molecule has 1 aromatic heterocycles. The van der Waals surface area contributed by atoms with Crippen molar-refractivity contribution in [3.8, 4) is 44.6 Å². The number of rotatable bonds is 4. The molecule has 0 bridgehead atoms. The quantitative estimate of drug-likeness (QED) is 0.270. The molecular formula is C33H23N. The molecule has 0 aliphatic heterocycles. The van der Waals surface area contributed by atoms with Gasteiger partial charge in [-0.15, -0.1) is 0 Å². The SMILES string of the molecule is c1ccc(-c2ccc(-c3c(-c4ccccc4)c(-c4ccccc4)nc4ccccc34)cc2)cc1. The molecule has 1 heteroatoms. The van der Waals surface area contributed by atoms with Crippen molar-refractivity contribution in [2.45, 2.75) is 0 Å². The molecule has 0 atom stereocenters. The predicted octanol–water partition coefficient (Wildman–Crippen LogP) is 8.90. The van der Waals surface area contributed by atoms with Crippen molar-refractivity contribution in [3.05, 3.63) is 140 Å². The highest BCUT2D eigenvalue weighted by Crippen LogP contribution is 2.43. The molecule has 0 spiro atoms. The van der Waals surface area contributed by atoms with Crippen LogP contribution in [-0.4, -0.2) is 4.98 Å². The van der Waals surface area contributed by atoms with Crippen LogP contribution < -0.4 is 0 Å². The minimum absolute atomic E-state index is 1.00. The lowest BCUT2D eigenvalue weighted by Gasteiger charge is -2.19. The Morgan fingerprint density at radius 1 is 0.324 bits per heavy atom. The number of aromatic nitrogens is 1. The van der Waals surface area contributed by atoms with E-state index in [1.807, 2.05) is 0 Å². The average Bonchev–Trinajstić information content (AvgIpc) is 2.93. The highest BCUT2D eigenvalue weighted by molar-refractivity contribution is 6.07. The molecule has 0 saturated carbocycles. The van der Waals surface area contributed by atoms with Gasteiger partial charge < -0.3 is 0 Å². The molecule has 160 valence electrons. The van der Waals surface area contributed by atoms with E-state index in [0.29, 0.717) is 0 Å². The Labute approximate surface area is 200 Å². The molecule has 6 rings (SSSR count). The number of fused-ring (bicyclic) bond motifs is 1. The van der Waals surface area contributed by atoms with Gasteiger partial charge in [-0.3, -0.25) is 0 Å². The van der Waals surface area contributed by atoms with Crippen LogP contribution in [-0.2, 0) is 0 Å². The highest BCUT2D eigenvalue weighted by Gasteiger charge is 2.19. The highest BCUT2D eigenvalue weighted by atomic mass is 14.7. The zero-order chi connectivity index (χ0) is 22.7. The largest absolute Gasteiger partial charge is 0.247 e. The van der Waals surface area contributed by atoms with Crippen LogP contribution in [0.4, 0.5) is 0 Å². The second-order valence-electron chi connectivity index (χ2n) is 8.40. The first-order valence-corrected chi connectivity index (χ1v) is 11.6. The van der Waals surface area contributed by atoms with Crippen LogP contribution in [0.15, 0.2) is 140 Å². The van der Waals surface area contributed by atoms with E-state index >= 15 is 0 Å². The molecule has 0 unspecified atom stereocenters. The summed E-state index contributed by atoms with van der Waals surface area (Å²) in [5.74, 6) is 0. The van der Waals surface area contributed by atoms with Gasteiger partial charge in [0.1, 0.15) is 0 Å². The molecule has 0 radical (unpaired) electrons. The molecule has 0 saturated heterocycles. The molecule has 0 aliphatic carbocycles. The summed E-state index contributed by atoms with van der Waals surface area (Å²) in [6.07, 6.45) is 0. The zero-order valence-electron chi connectivity index (χ0n) is 18.7. The van der Waals surface area contributed by atoms with Gasteiger partial charge in [-0.2, -0.15) is 0 Å². The van der Waals surface area contributed by atoms with E-state index in [4.69, 9.17) is 4.98 Å². The Morgan fingerprint density at radius 3 is 1.41 bits per heavy atom. The molecule has 5 aromatic carbocycles. The van der Waals surface area contributed by atoms with Gasteiger partial charge in [-0.05, 0) is 28.3 Å². The average molecular weight is 434 g/mol. The van der Waals surface area contributed by atoms with Crippen LogP contribution in [0.1, 0.15) is 0 Å². The Morgan fingerprint density at radius 2 is 0.765 bits per heavy atom. The fourth-order valence-electron chi connectivity index (χ4n) is 4.66. The van der Waals surface area contributed by atoms with Crippen molar-refractivity contribution >= 4 is 10.9 Å². The van der Waals surface area contributed by atoms with Crippen LogP contribution in [0.25, 0.3) is 55.5 Å². The van der Waals surface area contributed by atoms with Gasteiger partial charge in [-0.25, -0.2) is 4.98 Å². The fourth-order valence-corrected chi connectivity index (χ4v) is 4.66. The molecule has 34 heavy (non-hydrogen) atoms. The van der Waals surface area contributed by atoms with E-state index in [0.717, 1.165) is 27.7 Å². The summed E-state index contributed by atoms with van der Waals surface area (Å²) >= 11 is 0. The van der Waals surface area contributed by atoms with Gasteiger partial charge in [0.05, 0.1) is 11.2 Å². The van der Waals surface area contributed by atoms with E-state index in [2.05, 4.69) is 140 Å². The number of pyridine rings is 1. The maximum Gasteiger partial charge on any atom is 0.0794 e. The topological polar surface area (TPSA) is 12.9 Å². The Balaban J connectivity index is 1.66. The first kappa shape index (κ1) is 20.1. The number of hydrogen-bond donors (Lipinski definition) is 0. The maximum atomic E-state index is 5.17. The summed E-state index contributed by atoms with van der Waals surface area (Å²) in [6, 6.07) is 49.0. The minimum Gasteiger partial charge on any atom is -0.247 e. The van der Waals surface area contributed by atoms with E-state index in [-0.39, 0.29) is 0 Å². The summed E-state index contributed by atoms with van der Waals surface area (Å²) in [6.45, 7) is 0. The minimum atomic E-state index is 1.00. The third-order valence-electron chi connectivity index (χ3n) is 6.28. The molecule has 0 fully saturated rings. The lowest BCUT2D eigenvalue weighted by molar-refractivity contribution is 1.39. The van der Waals surface area contributed by atoms with E-state index in [1.54, 1.807) is 0 Å². The summed E-state index contributed by atoms with van der Waals surface area (Å²) in [5.41, 5.74) is 10.3. The van der Waals surface area contributed by atoms with Crippen LogP contribution in [0.5, 0.6) is 0 Å². The first-order valence-electron chi connectivity index (χ1n) is 11.6. The van der Waals surface area contributed by atoms with Gasteiger partial charge in [0, 0.05) is 22.1 Å². The molecule has 0 amide bonds. The maximum absolute atomic E-state index is 5.17. The second-order valence-corrected chi connectivity index (χ2v) is 8.40. The summed E-state index contributed by atoms with van der Waals surface area (Å²) < 4.78 is 0.